The minimum Gasteiger partial charge on any atom is -0.487 e. The maximum Gasteiger partial charge on any atom is 0.162 e. The van der Waals surface area contributed by atoms with Crippen molar-refractivity contribution in [3.8, 4) is 5.75 Å². The van der Waals surface area contributed by atoms with Gasteiger partial charge in [0.2, 0.25) is 0 Å². The molecule has 0 saturated heterocycles. The van der Waals surface area contributed by atoms with Gasteiger partial charge in [0.05, 0.1) is 6.20 Å². The average molecular weight is 245 g/mol. The van der Waals surface area contributed by atoms with E-state index in [1.165, 1.54) is 0 Å². The highest BCUT2D eigenvalue weighted by atomic mass is 16.5. The van der Waals surface area contributed by atoms with Crippen molar-refractivity contribution in [2.75, 3.05) is 0 Å². The summed E-state index contributed by atoms with van der Waals surface area (Å²) in [6, 6.07) is 7.13. The molecule has 1 aromatic carbocycles. The van der Waals surface area contributed by atoms with E-state index in [2.05, 4.69) is 10.3 Å². The molecular formula is C13H15N3O2. The second-order valence-corrected chi connectivity index (χ2v) is 3.97. The molecule has 0 fully saturated rings. The summed E-state index contributed by atoms with van der Waals surface area (Å²) in [4.78, 5) is 11.4. The SMILES string of the molecule is CCC(=O)c1ccc(OCc2cn(C)nn2)cc1. The van der Waals surface area contributed by atoms with Gasteiger partial charge in [0.25, 0.3) is 0 Å². The van der Waals surface area contributed by atoms with Crippen LogP contribution in [0.5, 0.6) is 5.75 Å². The number of nitrogens with zero attached hydrogens (tertiary/aromatic N) is 3. The molecule has 18 heavy (non-hydrogen) atoms. The second-order valence-electron chi connectivity index (χ2n) is 3.97. The molecule has 1 heterocycles. The molecule has 5 nitrogen and oxygen atoms in total. The van der Waals surface area contributed by atoms with Gasteiger partial charge < -0.3 is 4.74 Å². The van der Waals surface area contributed by atoms with Crippen LogP contribution in [0.3, 0.4) is 0 Å². The highest BCUT2D eigenvalue weighted by molar-refractivity contribution is 5.95. The maximum atomic E-state index is 11.4. The van der Waals surface area contributed by atoms with Gasteiger partial charge in [-0.3, -0.25) is 9.48 Å². The number of Topliss-reactive ketones (excluding diaryl/α,β-unsaturated/α-hetero) is 1. The number of benzene rings is 1. The number of aromatic nitrogens is 3. The fourth-order valence-electron chi connectivity index (χ4n) is 1.56. The van der Waals surface area contributed by atoms with Gasteiger partial charge in [-0.15, -0.1) is 5.10 Å². The third-order valence-electron chi connectivity index (χ3n) is 2.53. The molecule has 0 unspecified atom stereocenters. The van der Waals surface area contributed by atoms with E-state index in [1.807, 2.05) is 14.0 Å². The third kappa shape index (κ3) is 2.94. The summed E-state index contributed by atoms with van der Waals surface area (Å²) >= 11 is 0. The molecule has 2 rings (SSSR count). The van der Waals surface area contributed by atoms with Gasteiger partial charge in [0, 0.05) is 19.0 Å². The highest BCUT2D eigenvalue weighted by Gasteiger charge is 2.04. The molecule has 1 aromatic heterocycles. The summed E-state index contributed by atoms with van der Waals surface area (Å²) in [5.74, 6) is 0.851. The number of hydrogen-bond acceptors (Lipinski definition) is 4. The number of ether oxygens (including phenoxy) is 1. The first-order valence-corrected chi connectivity index (χ1v) is 5.80. The molecule has 94 valence electrons. The van der Waals surface area contributed by atoms with Gasteiger partial charge >= 0.3 is 0 Å². The molecule has 0 radical (unpaired) electrons. The average Bonchev–Trinajstić information content (AvgIpc) is 2.82. The van der Waals surface area contributed by atoms with E-state index in [4.69, 9.17) is 4.74 Å². The minimum absolute atomic E-state index is 0.135. The lowest BCUT2D eigenvalue weighted by molar-refractivity contribution is 0.0988. The Balaban J connectivity index is 1.96. The largest absolute Gasteiger partial charge is 0.487 e. The van der Waals surface area contributed by atoms with Crippen molar-refractivity contribution in [2.24, 2.45) is 7.05 Å². The van der Waals surface area contributed by atoms with Crippen molar-refractivity contribution in [1.29, 1.82) is 0 Å². The van der Waals surface area contributed by atoms with Gasteiger partial charge in [-0.1, -0.05) is 12.1 Å². The first kappa shape index (κ1) is 12.3. The Morgan fingerprint density at radius 3 is 2.61 bits per heavy atom. The first-order chi connectivity index (χ1) is 8.69. The zero-order chi connectivity index (χ0) is 13.0. The van der Waals surface area contributed by atoms with Crippen LogP contribution in [-0.2, 0) is 13.7 Å². The highest BCUT2D eigenvalue weighted by Crippen LogP contribution is 2.14. The normalized spacial score (nSPS) is 10.3. The van der Waals surface area contributed by atoms with Crippen LogP contribution in [0.4, 0.5) is 0 Å². The van der Waals surface area contributed by atoms with Crippen LogP contribution in [0, 0.1) is 0 Å². The van der Waals surface area contributed by atoms with Crippen LogP contribution in [0.15, 0.2) is 30.5 Å². The summed E-state index contributed by atoms with van der Waals surface area (Å²) in [6.07, 6.45) is 2.31. The van der Waals surface area contributed by atoms with E-state index in [9.17, 15) is 4.79 Å². The number of carbonyl (C=O) groups is 1. The standard InChI is InChI=1S/C13H15N3O2/c1-3-13(17)10-4-6-12(7-5-10)18-9-11-8-16(2)15-14-11/h4-8H,3,9H2,1-2H3. The molecule has 2 aromatic rings. The van der Waals surface area contributed by atoms with Gasteiger partial charge in [-0.25, -0.2) is 0 Å². The predicted octanol–water partition coefficient (Wildman–Crippen LogP) is 1.99. The van der Waals surface area contributed by atoms with Crippen LogP contribution in [0.1, 0.15) is 29.4 Å². The fourth-order valence-corrected chi connectivity index (χ4v) is 1.56. The van der Waals surface area contributed by atoms with Gasteiger partial charge in [0.15, 0.2) is 5.78 Å². The summed E-state index contributed by atoms with van der Waals surface area (Å²) in [5.41, 5.74) is 1.48. The molecule has 0 N–H and O–H groups in total. The van der Waals surface area contributed by atoms with Crippen LogP contribution in [0.2, 0.25) is 0 Å². The van der Waals surface area contributed by atoms with Crippen molar-refractivity contribution in [3.63, 3.8) is 0 Å². The van der Waals surface area contributed by atoms with Crippen LogP contribution >= 0.6 is 0 Å². The Morgan fingerprint density at radius 1 is 1.33 bits per heavy atom. The third-order valence-corrected chi connectivity index (χ3v) is 2.53. The molecular weight excluding hydrogens is 230 g/mol. The number of aryl methyl sites for hydroxylation is 1. The summed E-state index contributed by atoms with van der Waals surface area (Å²) in [6.45, 7) is 2.22. The van der Waals surface area contributed by atoms with Crippen molar-refractivity contribution in [2.45, 2.75) is 20.0 Å². The van der Waals surface area contributed by atoms with E-state index >= 15 is 0 Å². The Hall–Kier alpha value is -2.17. The van der Waals surface area contributed by atoms with Crippen LogP contribution < -0.4 is 4.74 Å². The van der Waals surface area contributed by atoms with Gasteiger partial charge in [-0.05, 0) is 24.3 Å². The maximum absolute atomic E-state index is 11.4. The second kappa shape index (κ2) is 5.44. The van der Waals surface area contributed by atoms with Gasteiger partial charge in [0.1, 0.15) is 18.1 Å². The lowest BCUT2D eigenvalue weighted by Crippen LogP contribution is -1.98. The molecule has 0 bridgehead atoms. The predicted molar refractivity (Wildman–Crippen MR) is 66.4 cm³/mol. The Bertz CT molecular complexity index is 531. The lowest BCUT2D eigenvalue weighted by atomic mass is 10.1. The Morgan fingerprint density at radius 2 is 2.06 bits per heavy atom. The lowest BCUT2D eigenvalue weighted by Gasteiger charge is -2.04. The zero-order valence-corrected chi connectivity index (χ0v) is 10.5. The van der Waals surface area contributed by atoms with Gasteiger partial charge in [-0.2, -0.15) is 0 Å². The monoisotopic (exact) mass is 245 g/mol. The minimum atomic E-state index is 0.135. The van der Waals surface area contributed by atoms with E-state index < -0.39 is 0 Å². The zero-order valence-electron chi connectivity index (χ0n) is 10.5. The molecule has 0 saturated carbocycles. The summed E-state index contributed by atoms with van der Waals surface area (Å²) in [7, 11) is 1.81. The van der Waals surface area contributed by atoms with Crippen molar-refractivity contribution < 1.29 is 9.53 Å². The van der Waals surface area contributed by atoms with E-state index in [-0.39, 0.29) is 5.78 Å². The fraction of sp³-hybridized carbons (Fsp3) is 0.308. The molecule has 0 aliphatic carbocycles. The number of hydrogen-bond donors (Lipinski definition) is 0. The summed E-state index contributed by atoms with van der Waals surface area (Å²) in [5, 5.41) is 7.74. The molecule has 0 amide bonds. The van der Waals surface area contributed by atoms with Crippen molar-refractivity contribution in [3.05, 3.63) is 41.7 Å². The molecule has 0 aliphatic heterocycles. The van der Waals surface area contributed by atoms with E-state index in [0.717, 1.165) is 5.69 Å². The molecule has 0 atom stereocenters. The molecule has 0 aliphatic rings. The smallest absolute Gasteiger partial charge is 0.162 e. The molecule has 0 spiro atoms. The van der Waals surface area contributed by atoms with Crippen molar-refractivity contribution >= 4 is 5.78 Å². The first-order valence-electron chi connectivity index (χ1n) is 5.80. The quantitative estimate of drug-likeness (QED) is 0.756. The number of carbonyl (C=O) groups excluding carboxylic acids is 1. The van der Waals surface area contributed by atoms with Crippen LogP contribution in [0.25, 0.3) is 0 Å². The van der Waals surface area contributed by atoms with E-state index in [1.54, 1.807) is 35.1 Å². The van der Waals surface area contributed by atoms with E-state index in [0.29, 0.717) is 24.3 Å². The summed E-state index contributed by atoms with van der Waals surface area (Å²) < 4.78 is 7.17. The Labute approximate surface area is 105 Å². The number of rotatable bonds is 5. The Kier molecular flexibility index (Phi) is 3.72. The molecule has 5 heteroatoms. The van der Waals surface area contributed by atoms with Crippen LogP contribution in [-0.4, -0.2) is 20.8 Å². The topological polar surface area (TPSA) is 57.0 Å². The van der Waals surface area contributed by atoms with Crippen molar-refractivity contribution in [1.82, 2.24) is 15.0 Å². The number of ketones is 1.